The van der Waals surface area contributed by atoms with Gasteiger partial charge in [0, 0.05) is 0 Å². The first kappa shape index (κ1) is 18.1. The number of hydrazone groups is 1. The van der Waals surface area contributed by atoms with Crippen molar-refractivity contribution in [2.24, 2.45) is 5.10 Å². The van der Waals surface area contributed by atoms with Crippen LogP contribution in [0.4, 0.5) is 0 Å². The highest BCUT2D eigenvalue weighted by molar-refractivity contribution is 6.32. The highest BCUT2D eigenvalue weighted by atomic mass is 35.5. The zero-order chi connectivity index (χ0) is 18.4. The molecule has 0 saturated heterocycles. The molecule has 0 aliphatic rings. The number of aromatic hydroxyl groups is 2. The van der Waals surface area contributed by atoms with Gasteiger partial charge in [0.2, 0.25) is 0 Å². The van der Waals surface area contributed by atoms with Gasteiger partial charge in [-0.25, -0.2) is 5.43 Å². The topological polar surface area (TPSA) is 115 Å². The van der Waals surface area contributed by atoms with Crippen molar-refractivity contribution >= 4 is 23.7 Å². The largest absolute Gasteiger partial charge is 0.504 e. The van der Waals surface area contributed by atoms with Crippen LogP contribution in [0.25, 0.3) is 0 Å². The lowest BCUT2D eigenvalue weighted by Gasteiger charge is -2.12. The van der Waals surface area contributed by atoms with Crippen molar-refractivity contribution < 1.29 is 19.7 Å². The number of phenolic OH excluding ortho intramolecular Hbond substituents is 2. The highest BCUT2D eigenvalue weighted by Crippen LogP contribution is 2.33. The van der Waals surface area contributed by atoms with Crippen LogP contribution in [0, 0.1) is 11.3 Å². The number of hydrogen-bond acceptors (Lipinski definition) is 6. The summed E-state index contributed by atoms with van der Waals surface area (Å²) >= 11 is 5.72. The number of ether oxygens (including phenoxy) is 1. The minimum Gasteiger partial charge on any atom is -0.504 e. The third kappa shape index (κ3) is 4.86. The van der Waals surface area contributed by atoms with Crippen LogP contribution in [0.5, 0.6) is 17.2 Å². The summed E-state index contributed by atoms with van der Waals surface area (Å²) in [5, 5.41) is 31.3. The Bertz CT molecular complexity index is 821. The molecule has 1 atom stereocenters. The van der Waals surface area contributed by atoms with Gasteiger partial charge in [-0.1, -0.05) is 11.6 Å². The summed E-state index contributed by atoms with van der Waals surface area (Å²) in [7, 11) is 0. The number of hydrogen-bond donors (Lipinski definition) is 3. The van der Waals surface area contributed by atoms with Crippen LogP contribution >= 0.6 is 11.6 Å². The van der Waals surface area contributed by atoms with Crippen molar-refractivity contribution in [2.45, 2.75) is 13.0 Å². The maximum Gasteiger partial charge on any atom is 0.280 e. The number of carbonyl (C=O) groups excluding carboxylic acids is 1. The van der Waals surface area contributed by atoms with Crippen LogP contribution in [-0.4, -0.2) is 28.4 Å². The number of benzene rings is 2. The van der Waals surface area contributed by atoms with E-state index in [1.54, 1.807) is 31.2 Å². The zero-order valence-corrected chi connectivity index (χ0v) is 13.9. The van der Waals surface area contributed by atoms with Crippen molar-refractivity contribution in [3.8, 4) is 23.3 Å². The Labute approximate surface area is 148 Å². The first-order chi connectivity index (χ1) is 11.9. The smallest absolute Gasteiger partial charge is 0.280 e. The number of amides is 1. The van der Waals surface area contributed by atoms with Gasteiger partial charge in [-0.3, -0.25) is 4.79 Å². The standard InChI is InChI=1S/C17H14ClN3O4/c1-10(25-13-4-2-11(8-19)3-5-13)17(24)21-20-9-12-6-14(18)16(23)15(22)7-12/h2-7,9-10,22-23H,1H3,(H,21,24)/b20-9+/t10-/m1/s1. The van der Waals surface area contributed by atoms with Crippen LogP contribution in [-0.2, 0) is 4.79 Å². The fraction of sp³-hybridized carbons (Fsp3) is 0.118. The summed E-state index contributed by atoms with van der Waals surface area (Å²) in [6.45, 7) is 1.55. The Hall–Kier alpha value is -3.24. The van der Waals surface area contributed by atoms with Crippen molar-refractivity contribution in [1.29, 1.82) is 5.26 Å². The average Bonchev–Trinajstić information content (AvgIpc) is 2.60. The molecule has 8 heteroatoms. The van der Waals surface area contributed by atoms with Gasteiger partial charge < -0.3 is 14.9 Å². The summed E-state index contributed by atoms with van der Waals surface area (Å²) in [5.41, 5.74) is 3.17. The molecule has 3 N–H and O–H groups in total. The number of nitrogens with one attached hydrogen (secondary N) is 1. The van der Waals surface area contributed by atoms with E-state index >= 15 is 0 Å². The molecule has 128 valence electrons. The molecule has 1 amide bonds. The van der Waals surface area contributed by atoms with Crippen molar-refractivity contribution in [3.63, 3.8) is 0 Å². The molecular weight excluding hydrogens is 346 g/mol. The van der Waals surface area contributed by atoms with Gasteiger partial charge in [-0.15, -0.1) is 0 Å². The SMILES string of the molecule is C[C@@H](Oc1ccc(C#N)cc1)C(=O)N/N=C/c1cc(O)c(O)c(Cl)c1. The lowest BCUT2D eigenvalue weighted by atomic mass is 10.2. The molecule has 0 saturated carbocycles. The van der Waals surface area contributed by atoms with E-state index in [4.69, 9.17) is 21.6 Å². The van der Waals surface area contributed by atoms with Crippen LogP contribution in [0.1, 0.15) is 18.1 Å². The van der Waals surface area contributed by atoms with Crippen molar-refractivity contribution in [1.82, 2.24) is 5.43 Å². The molecule has 2 aromatic rings. The van der Waals surface area contributed by atoms with E-state index in [0.717, 1.165) is 0 Å². The first-order valence-electron chi connectivity index (χ1n) is 7.12. The predicted molar refractivity (Wildman–Crippen MR) is 91.8 cm³/mol. The van der Waals surface area contributed by atoms with E-state index in [2.05, 4.69) is 10.5 Å². The molecule has 0 bridgehead atoms. The normalized spacial score (nSPS) is 11.7. The minimum absolute atomic E-state index is 0.0368. The molecule has 0 aliphatic carbocycles. The van der Waals surface area contributed by atoms with Crippen molar-refractivity contribution in [2.75, 3.05) is 0 Å². The Balaban J connectivity index is 1.93. The molecule has 2 rings (SSSR count). The molecule has 0 fully saturated rings. The Morgan fingerprint density at radius 3 is 2.64 bits per heavy atom. The maximum atomic E-state index is 11.9. The third-order valence-electron chi connectivity index (χ3n) is 3.12. The molecule has 0 aromatic heterocycles. The minimum atomic E-state index is -0.818. The fourth-order valence-corrected chi connectivity index (χ4v) is 2.03. The van der Waals surface area contributed by atoms with Crippen LogP contribution < -0.4 is 10.2 Å². The zero-order valence-electron chi connectivity index (χ0n) is 13.1. The Morgan fingerprint density at radius 2 is 2.04 bits per heavy atom. The number of nitriles is 1. The van der Waals surface area contributed by atoms with E-state index in [1.807, 2.05) is 6.07 Å². The van der Waals surface area contributed by atoms with E-state index in [9.17, 15) is 15.0 Å². The molecular formula is C17H14ClN3O4. The second-order valence-corrected chi connectivity index (χ2v) is 5.41. The van der Waals surface area contributed by atoms with Gasteiger partial charge in [-0.05, 0) is 48.9 Å². The van der Waals surface area contributed by atoms with E-state index < -0.39 is 23.5 Å². The predicted octanol–water partition coefficient (Wildman–Crippen LogP) is 2.54. The number of phenols is 2. The van der Waals surface area contributed by atoms with Crippen LogP contribution in [0.15, 0.2) is 41.5 Å². The molecule has 2 aromatic carbocycles. The van der Waals surface area contributed by atoms with Crippen LogP contribution in [0.2, 0.25) is 5.02 Å². The Morgan fingerprint density at radius 1 is 1.36 bits per heavy atom. The number of carbonyl (C=O) groups is 1. The quantitative estimate of drug-likeness (QED) is 0.431. The van der Waals surface area contributed by atoms with Gasteiger partial charge >= 0.3 is 0 Å². The van der Waals surface area contributed by atoms with Gasteiger partial charge in [-0.2, -0.15) is 10.4 Å². The van der Waals surface area contributed by atoms with E-state index in [0.29, 0.717) is 16.9 Å². The summed E-state index contributed by atoms with van der Waals surface area (Å²) in [4.78, 5) is 11.9. The molecule has 0 radical (unpaired) electrons. The second-order valence-electron chi connectivity index (χ2n) is 5.00. The van der Waals surface area contributed by atoms with Gasteiger partial charge in [0.15, 0.2) is 17.6 Å². The van der Waals surface area contributed by atoms with Crippen LogP contribution in [0.3, 0.4) is 0 Å². The molecule has 0 heterocycles. The molecule has 0 aliphatic heterocycles. The van der Waals surface area contributed by atoms with E-state index in [-0.39, 0.29) is 5.02 Å². The lowest BCUT2D eigenvalue weighted by molar-refractivity contribution is -0.127. The third-order valence-corrected chi connectivity index (χ3v) is 3.41. The number of nitrogens with zero attached hydrogens (tertiary/aromatic N) is 2. The summed E-state index contributed by atoms with van der Waals surface area (Å²) in [6.07, 6.45) is 0.444. The number of rotatable bonds is 5. The molecule has 25 heavy (non-hydrogen) atoms. The molecule has 7 nitrogen and oxygen atoms in total. The van der Waals surface area contributed by atoms with E-state index in [1.165, 1.54) is 18.3 Å². The fourth-order valence-electron chi connectivity index (χ4n) is 1.81. The van der Waals surface area contributed by atoms with Crippen molar-refractivity contribution in [3.05, 3.63) is 52.5 Å². The van der Waals surface area contributed by atoms with Gasteiger partial charge in [0.25, 0.3) is 5.91 Å². The monoisotopic (exact) mass is 359 g/mol. The number of halogens is 1. The summed E-state index contributed by atoms with van der Waals surface area (Å²) in [5.74, 6) is -0.860. The maximum absolute atomic E-state index is 11.9. The van der Waals surface area contributed by atoms with Gasteiger partial charge in [0.1, 0.15) is 5.75 Å². The molecule has 0 spiro atoms. The summed E-state index contributed by atoms with van der Waals surface area (Å²) < 4.78 is 5.44. The average molecular weight is 360 g/mol. The lowest BCUT2D eigenvalue weighted by Crippen LogP contribution is -2.33. The second kappa shape index (κ2) is 8.04. The highest BCUT2D eigenvalue weighted by Gasteiger charge is 2.14. The first-order valence-corrected chi connectivity index (χ1v) is 7.49. The molecule has 0 unspecified atom stereocenters. The Kier molecular flexibility index (Phi) is 5.82. The summed E-state index contributed by atoms with van der Waals surface area (Å²) in [6, 6.07) is 11.0. The van der Waals surface area contributed by atoms with Gasteiger partial charge in [0.05, 0.1) is 22.9 Å².